The number of benzene rings is 2. The molecular formula is C29H28ClFN4O5S. The first-order valence-electron chi connectivity index (χ1n) is 13.3. The molecule has 1 aliphatic heterocycles. The van der Waals surface area contributed by atoms with Gasteiger partial charge in [0.15, 0.2) is 24.2 Å². The van der Waals surface area contributed by atoms with E-state index >= 15 is 4.39 Å². The van der Waals surface area contributed by atoms with Gasteiger partial charge in [0.1, 0.15) is 23.3 Å². The zero-order valence-electron chi connectivity index (χ0n) is 22.2. The number of nitrogens with zero attached hydrogens (tertiary/aromatic N) is 4. The lowest BCUT2D eigenvalue weighted by Gasteiger charge is -2.19. The predicted molar refractivity (Wildman–Crippen MR) is 152 cm³/mol. The summed E-state index contributed by atoms with van der Waals surface area (Å²) < 4.78 is 34.6. The summed E-state index contributed by atoms with van der Waals surface area (Å²) in [5.41, 5.74) is 1.32. The van der Waals surface area contributed by atoms with Gasteiger partial charge in [0.25, 0.3) is 0 Å². The molecule has 4 atom stereocenters. The highest BCUT2D eigenvalue weighted by Crippen LogP contribution is 2.37. The van der Waals surface area contributed by atoms with Crippen molar-refractivity contribution in [2.45, 2.75) is 55.8 Å². The van der Waals surface area contributed by atoms with Gasteiger partial charge in [0.2, 0.25) is 5.28 Å². The van der Waals surface area contributed by atoms with Crippen LogP contribution in [-0.2, 0) is 14.2 Å². The molecule has 0 radical (unpaired) electrons. The summed E-state index contributed by atoms with van der Waals surface area (Å²) in [5, 5.41) is 0.578. The van der Waals surface area contributed by atoms with Crippen LogP contribution < -0.4 is 0 Å². The molecular weight excluding hydrogens is 571 g/mol. The van der Waals surface area contributed by atoms with E-state index in [2.05, 4.69) is 21.9 Å². The standard InChI is InChI=1S/C29H28ClFN4O5S/c1-2-3-10-15-41-25-22-24(33-29(30)34-25)35(17-32-22)26-21(31)23(40-28(37)19-13-8-5-9-14-19)20(39-26)16-38-27(36)18-11-6-4-7-12-18/h4-9,11-14,17,20-21,23,26H,2-3,10,15-16H2,1H3/t20-,21+,23-,26-/m1/s1. The number of halogens is 2. The van der Waals surface area contributed by atoms with Crippen LogP contribution in [0.3, 0.4) is 0 Å². The van der Waals surface area contributed by atoms with E-state index < -0.39 is 36.5 Å². The zero-order chi connectivity index (χ0) is 28.8. The van der Waals surface area contributed by atoms with Crippen molar-refractivity contribution in [3.8, 4) is 0 Å². The summed E-state index contributed by atoms with van der Waals surface area (Å²) in [6.45, 7) is 1.78. The van der Waals surface area contributed by atoms with Crippen molar-refractivity contribution in [1.29, 1.82) is 0 Å². The lowest BCUT2D eigenvalue weighted by Crippen LogP contribution is -2.37. The smallest absolute Gasteiger partial charge is 0.338 e. The highest BCUT2D eigenvalue weighted by Gasteiger charge is 2.50. The topological polar surface area (TPSA) is 105 Å². The quantitative estimate of drug-likeness (QED) is 0.0667. The van der Waals surface area contributed by atoms with Gasteiger partial charge >= 0.3 is 11.9 Å². The molecule has 12 heteroatoms. The molecule has 5 rings (SSSR count). The third kappa shape index (κ3) is 6.69. The summed E-state index contributed by atoms with van der Waals surface area (Å²) in [5.74, 6) is -0.520. The van der Waals surface area contributed by atoms with Crippen molar-refractivity contribution in [2.24, 2.45) is 0 Å². The van der Waals surface area contributed by atoms with E-state index in [0.717, 1.165) is 25.0 Å². The molecule has 4 aromatic rings. The Bertz CT molecular complexity index is 1490. The predicted octanol–water partition coefficient (Wildman–Crippen LogP) is 6.08. The number of thioether (sulfide) groups is 1. The number of alkyl halides is 1. The Morgan fingerprint density at radius 2 is 1.71 bits per heavy atom. The van der Waals surface area contributed by atoms with Crippen molar-refractivity contribution in [2.75, 3.05) is 12.4 Å². The first kappa shape index (κ1) is 29.0. The number of rotatable bonds is 11. The van der Waals surface area contributed by atoms with Gasteiger partial charge in [-0.1, -0.05) is 56.2 Å². The van der Waals surface area contributed by atoms with Crippen LogP contribution >= 0.6 is 23.4 Å². The van der Waals surface area contributed by atoms with Crippen molar-refractivity contribution in [1.82, 2.24) is 19.5 Å². The van der Waals surface area contributed by atoms with Crippen molar-refractivity contribution in [3.05, 3.63) is 83.4 Å². The van der Waals surface area contributed by atoms with Gasteiger partial charge in [-0.2, -0.15) is 4.98 Å². The highest BCUT2D eigenvalue weighted by atomic mass is 35.5. The summed E-state index contributed by atoms with van der Waals surface area (Å²) in [6, 6.07) is 16.6. The highest BCUT2D eigenvalue weighted by molar-refractivity contribution is 7.99. The fraction of sp³-hybridized carbons (Fsp3) is 0.345. The molecule has 41 heavy (non-hydrogen) atoms. The molecule has 1 saturated heterocycles. The monoisotopic (exact) mass is 598 g/mol. The SMILES string of the molecule is CCCCCSc1nc(Cl)nc2c1ncn2[C@@H]1O[C@H](COC(=O)c2ccccc2)[C@@H](OC(=O)c2ccccc2)[C@@H]1F. The maximum Gasteiger partial charge on any atom is 0.338 e. The molecule has 0 bridgehead atoms. The van der Waals surface area contributed by atoms with Gasteiger partial charge in [-0.05, 0) is 48.0 Å². The second-order valence-corrected chi connectivity index (χ2v) is 10.8. The minimum atomic E-state index is -1.84. The van der Waals surface area contributed by atoms with Crippen LogP contribution in [0.5, 0.6) is 0 Å². The Morgan fingerprint density at radius 3 is 2.39 bits per heavy atom. The Labute approximate surface area is 245 Å². The molecule has 214 valence electrons. The largest absolute Gasteiger partial charge is 0.459 e. The Hall–Kier alpha value is -3.54. The normalized spacial score (nSPS) is 20.3. The fourth-order valence-corrected chi connectivity index (χ4v) is 5.64. The molecule has 0 spiro atoms. The van der Waals surface area contributed by atoms with E-state index in [0.29, 0.717) is 16.1 Å². The zero-order valence-corrected chi connectivity index (χ0v) is 23.8. The fourth-order valence-electron chi connectivity index (χ4n) is 4.45. The summed E-state index contributed by atoms with van der Waals surface area (Å²) in [4.78, 5) is 38.5. The van der Waals surface area contributed by atoms with Gasteiger partial charge in [-0.15, -0.1) is 11.8 Å². The average Bonchev–Trinajstić information content (AvgIpc) is 3.55. The molecule has 0 saturated carbocycles. The summed E-state index contributed by atoms with van der Waals surface area (Å²) >= 11 is 7.74. The third-order valence-corrected chi connectivity index (χ3v) is 7.75. The molecule has 0 unspecified atom stereocenters. The van der Waals surface area contributed by atoms with Crippen LogP contribution in [0, 0.1) is 0 Å². The minimum Gasteiger partial charge on any atom is -0.459 e. The van der Waals surface area contributed by atoms with Crippen molar-refractivity contribution in [3.63, 3.8) is 0 Å². The number of ether oxygens (including phenoxy) is 3. The molecule has 2 aromatic carbocycles. The van der Waals surface area contributed by atoms with Crippen molar-refractivity contribution < 1.29 is 28.2 Å². The van der Waals surface area contributed by atoms with E-state index in [4.69, 9.17) is 25.8 Å². The number of unbranched alkanes of at least 4 members (excludes halogenated alkanes) is 2. The number of carbonyl (C=O) groups is 2. The maximum absolute atomic E-state index is 16.1. The second-order valence-electron chi connectivity index (χ2n) is 9.39. The molecule has 3 heterocycles. The molecule has 9 nitrogen and oxygen atoms in total. The number of esters is 2. The van der Waals surface area contributed by atoms with Crippen LogP contribution in [0.25, 0.3) is 11.2 Å². The Kier molecular flexibility index (Phi) is 9.48. The number of hydrogen-bond donors (Lipinski definition) is 0. The molecule has 1 aliphatic rings. The van der Waals surface area contributed by atoms with E-state index in [1.54, 1.807) is 60.7 Å². The number of carbonyl (C=O) groups excluding carboxylic acids is 2. The van der Waals surface area contributed by atoms with E-state index in [9.17, 15) is 9.59 Å². The van der Waals surface area contributed by atoms with Gasteiger partial charge in [-0.25, -0.2) is 23.9 Å². The minimum absolute atomic E-state index is 0.00829. The Morgan fingerprint density at radius 1 is 1.02 bits per heavy atom. The lowest BCUT2D eigenvalue weighted by molar-refractivity contribution is -0.0570. The van der Waals surface area contributed by atoms with Gasteiger partial charge < -0.3 is 14.2 Å². The van der Waals surface area contributed by atoms with Crippen molar-refractivity contribution >= 4 is 46.5 Å². The van der Waals surface area contributed by atoms with Gasteiger partial charge in [0, 0.05) is 0 Å². The molecule has 0 amide bonds. The van der Waals surface area contributed by atoms with Crippen LogP contribution in [0.2, 0.25) is 5.28 Å². The maximum atomic E-state index is 16.1. The average molecular weight is 599 g/mol. The third-order valence-electron chi connectivity index (χ3n) is 6.53. The first-order chi connectivity index (χ1) is 20.0. The molecule has 2 aromatic heterocycles. The molecule has 0 aliphatic carbocycles. The summed E-state index contributed by atoms with van der Waals surface area (Å²) in [7, 11) is 0. The van der Waals surface area contributed by atoms with Gasteiger partial charge in [-0.3, -0.25) is 4.57 Å². The number of fused-ring (bicyclic) bond motifs is 1. The number of imidazole rings is 1. The molecule has 0 N–H and O–H groups in total. The molecule has 1 fully saturated rings. The van der Waals surface area contributed by atoms with E-state index in [1.807, 2.05) is 0 Å². The lowest BCUT2D eigenvalue weighted by atomic mass is 10.1. The van der Waals surface area contributed by atoms with Crippen LogP contribution in [0.4, 0.5) is 4.39 Å². The van der Waals surface area contributed by atoms with E-state index in [1.165, 1.54) is 22.7 Å². The van der Waals surface area contributed by atoms with Gasteiger partial charge in [0.05, 0.1) is 17.5 Å². The van der Waals surface area contributed by atoms with Crippen LogP contribution in [0.15, 0.2) is 72.0 Å². The number of hydrogen-bond acceptors (Lipinski definition) is 9. The summed E-state index contributed by atoms with van der Waals surface area (Å²) in [6.07, 6.45) is -1.03. The number of aromatic nitrogens is 4. The second kappa shape index (κ2) is 13.4. The van der Waals surface area contributed by atoms with Crippen LogP contribution in [0.1, 0.15) is 53.1 Å². The first-order valence-corrected chi connectivity index (χ1v) is 14.6. The van der Waals surface area contributed by atoms with Crippen LogP contribution in [-0.4, -0.2) is 62.2 Å². The Balaban J connectivity index is 1.40. The van der Waals surface area contributed by atoms with E-state index in [-0.39, 0.29) is 23.1 Å².